The Labute approximate surface area is 201 Å². The third-order valence-electron chi connectivity index (χ3n) is 5.11. The molecule has 0 unspecified atom stereocenters. The smallest absolute Gasteiger partial charge is 0.174 e. The number of methoxy groups -OCH3 is 1. The number of anilines is 1. The average Bonchev–Trinajstić information content (AvgIpc) is 2.82. The molecule has 0 bridgehead atoms. The predicted molar refractivity (Wildman–Crippen MR) is 133 cm³/mol. The van der Waals surface area contributed by atoms with Crippen LogP contribution in [0, 0.1) is 9.39 Å². The van der Waals surface area contributed by atoms with E-state index in [0.29, 0.717) is 11.5 Å². The van der Waals surface area contributed by atoms with Crippen LogP contribution in [0.3, 0.4) is 0 Å². The molecule has 7 heteroatoms. The van der Waals surface area contributed by atoms with Crippen LogP contribution < -0.4 is 14.4 Å². The Balaban J connectivity index is 1.45. The fourth-order valence-electron chi connectivity index (χ4n) is 3.46. The second-order valence-corrected chi connectivity index (χ2v) is 8.49. The summed E-state index contributed by atoms with van der Waals surface area (Å²) in [5, 5.41) is 0. The summed E-state index contributed by atoms with van der Waals surface area (Å²) in [6, 6.07) is 18.4. The minimum absolute atomic E-state index is 0.257. The van der Waals surface area contributed by atoms with Gasteiger partial charge in [0, 0.05) is 25.0 Å². The molecule has 0 amide bonds. The van der Waals surface area contributed by atoms with Gasteiger partial charge in [0.1, 0.15) is 12.4 Å². The van der Waals surface area contributed by atoms with Crippen LogP contribution in [-0.2, 0) is 11.3 Å². The van der Waals surface area contributed by atoms with Crippen molar-refractivity contribution in [1.29, 1.82) is 0 Å². The molecule has 4 rings (SSSR count). The van der Waals surface area contributed by atoms with E-state index in [1.807, 2.05) is 36.5 Å². The standard InChI is InChI=1S/C25H24FIN2O3/c1-30-24-15-19(14-23(27)25(24)32-17-18-3-2-4-20(26)13-18)16-28-21-5-7-22(8-6-21)29-9-11-31-12-10-29/h2-8,13-16H,9-12,17H2,1H3. The van der Waals surface area contributed by atoms with Crippen LogP contribution in [0.1, 0.15) is 11.1 Å². The van der Waals surface area contributed by atoms with Crippen LogP contribution in [0.25, 0.3) is 0 Å². The lowest BCUT2D eigenvalue weighted by atomic mass is 10.2. The summed E-state index contributed by atoms with van der Waals surface area (Å²) in [6.07, 6.45) is 1.81. The number of rotatable bonds is 7. The zero-order valence-electron chi connectivity index (χ0n) is 17.8. The molecule has 0 aromatic heterocycles. The summed E-state index contributed by atoms with van der Waals surface area (Å²) < 4.78 is 31.2. The lowest BCUT2D eigenvalue weighted by Crippen LogP contribution is -2.36. The third kappa shape index (κ3) is 5.77. The second-order valence-electron chi connectivity index (χ2n) is 7.33. The van der Waals surface area contributed by atoms with Crippen molar-refractivity contribution in [3.8, 4) is 11.5 Å². The van der Waals surface area contributed by atoms with Crippen molar-refractivity contribution in [1.82, 2.24) is 0 Å². The molecule has 5 nitrogen and oxygen atoms in total. The summed E-state index contributed by atoms with van der Waals surface area (Å²) in [4.78, 5) is 6.91. The molecule has 1 aliphatic rings. The SMILES string of the molecule is COc1cc(C=Nc2ccc(N3CCOCC3)cc2)cc(I)c1OCc1cccc(F)c1. The number of nitrogens with zero attached hydrogens (tertiary/aromatic N) is 2. The highest BCUT2D eigenvalue weighted by atomic mass is 127. The highest BCUT2D eigenvalue weighted by Crippen LogP contribution is 2.34. The van der Waals surface area contributed by atoms with Crippen molar-refractivity contribution in [2.24, 2.45) is 4.99 Å². The van der Waals surface area contributed by atoms with Crippen LogP contribution in [-0.4, -0.2) is 39.6 Å². The van der Waals surface area contributed by atoms with E-state index in [9.17, 15) is 4.39 Å². The number of aliphatic imine (C=N–C) groups is 1. The highest BCUT2D eigenvalue weighted by Gasteiger charge is 2.12. The van der Waals surface area contributed by atoms with Crippen LogP contribution in [0.4, 0.5) is 15.8 Å². The number of halogens is 2. The molecule has 0 N–H and O–H groups in total. The van der Waals surface area contributed by atoms with Crippen molar-refractivity contribution in [2.75, 3.05) is 38.3 Å². The summed E-state index contributed by atoms with van der Waals surface area (Å²) in [7, 11) is 1.60. The molecule has 3 aromatic carbocycles. The van der Waals surface area contributed by atoms with Crippen LogP contribution in [0.5, 0.6) is 11.5 Å². The molecule has 0 spiro atoms. The van der Waals surface area contributed by atoms with Gasteiger partial charge in [-0.05, 0) is 82.2 Å². The van der Waals surface area contributed by atoms with Crippen LogP contribution >= 0.6 is 22.6 Å². The molecule has 166 valence electrons. The first-order valence-electron chi connectivity index (χ1n) is 10.3. The quantitative estimate of drug-likeness (QED) is 0.286. The van der Waals surface area contributed by atoms with Gasteiger partial charge in [-0.1, -0.05) is 12.1 Å². The lowest BCUT2D eigenvalue weighted by Gasteiger charge is -2.28. The van der Waals surface area contributed by atoms with Gasteiger partial charge in [0.05, 0.1) is 29.6 Å². The number of hydrogen-bond donors (Lipinski definition) is 0. The number of morpholine rings is 1. The zero-order chi connectivity index (χ0) is 22.3. The van der Waals surface area contributed by atoms with Crippen molar-refractivity contribution >= 4 is 40.2 Å². The fourth-order valence-corrected chi connectivity index (χ4v) is 4.24. The summed E-state index contributed by atoms with van der Waals surface area (Å²) >= 11 is 2.21. The molecular formula is C25H24FIN2O3. The minimum atomic E-state index is -0.280. The zero-order valence-corrected chi connectivity index (χ0v) is 19.9. The first-order chi connectivity index (χ1) is 15.6. The molecular weight excluding hydrogens is 522 g/mol. The van der Waals surface area contributed by atoms with Gasteiger partial charge >= 0.3 is 0 Å². The topological polar surface area (TPSA) is 43.3 Å². The Morgan fingerprint density at radius 3 is 2.59 bits per heavy atom. The van der Waals surface area contributed by atoms with E-state index in [0.717, 1.165) is 46.7 Å². The van der Waals surface area contributed by atoms with Crippen LogP contribution in [0.15, 0.2) is 65.7 Å². The number of ether oxygens (including phenoxy) is 3. The predicted octanol–water partition coefficient (Wildman–Crippen LogP) is 5.61. The van der Waals surface area contributed by atoms with Gasteiger partial charge in [0.2, 0.25) is 0 Å². The second kappa shape index (κ2) is 10.8. The molecule has 3 aromatic rings. The molecule has 0 saturated carbocycles. The molecule has 1 aliphatic heterocycles. The Morgan fingerprint density at radius 2 is 1.88 bits per heavy atom. The fraction of sp³-hybridized carbons (Fsp3) is 0.240. The van der Waals surface area contributed by atoms with E-state index in [1.165, 1.54) is 17.8 Å². The maximum Gasteiger partial charge on any atom is 0.174 e. The largest absolute Gasteiger partial charge is 0.493 e. The van der Waals surface area contributed by atoms with Crippen LogP contribution in [0.2, 0.25) is 0 Å². The van der Waals surface area contributed by atoms with E-state index >= 15 is 0 Å². The van der Waals surface area contributed by atoms with E-state index in [-0.39, 0.29) is 12.4 Å². The molecule has 1 fully saturated rings. The van der Waals surface area contributed by atoms with Gasteiger partial charge in [-0.15, -0.1) is 0 Å². The molecule has 0 radical (unpaired) electrons. The summed E-state index contributed by atoms with van der Waals surface area (Å²) in [5.74, 6) is 0.957. The Kier molecular flexibility index (Phi) is 7.59. The van der Waals surface area contributed by atoms with Gasteiger partial charge in [0.15, 0.2) is 11.5 Å². The van der Waals surface area contributed by atoms with E-state index in [2.05, 4.69) is 44.6 Å². The van der Waals surface area contributed by atoms with Gasteiger partial charge in [0.25, 0.3) is 0 Å². The Bertz CT molecular complexity index is 1080. The van der Waals surface area contributed by atoms with E-state index in [4.69, 9.17) is 14.2 Å². The number of hydrogen-bond acceptors (Lipinski definition) is 5. The van der Waals surface area contributed by atoms with Crippen molar-refractivity contribution in [3.63, 3.8) is 0 Å². The first-order valence-corrected chi connectivity index (χ1v) is 11.4. The summed E-state index contributed by atoms with van der Waals surface area (Å²) in [6.45, 7) is 3.61. The van der Waals surface area contributed by atoms with Crippen molar-refractivity contribution in [3.05, 3.63) is 81.2 Å². The van der Waals surface area contributed by atoms with Gasteiger partial charge in [-0.2, -0.15) is 0 Å². The highest BCUT2D eigenvalue weighted by molar-refractivity contribution is 14.1. The molecule has 0 atom stereocenters. The van der Waals surface area contributed by atoms with Gasteiger partial charge in [-0.3, -0.25) is 4.99 Å². The van der Waals surface area contributed by atoms with Gasteiger partial charge in [-0.25, -0.2) is 4.39 Å². The maximum absolute atomic E-state index is 13.4. The third-order valence-corrected chi connectivity index (χ3v) is 5.91. The Morgan fingerprint density at radius 1 is 1.09 bits per heavy atom. The summed E-state index contributed by atoms with van der Waals surface area (Å²) in [5.41, 5.74) is 3.72. The molecule has 1 heterocycles. The normalized spacial score (nSPS) is 14.0. The molecule has 32 heavy (non-hydrogen) atoms. The number of benzene rings is 3. The molecule has 1 saturated heterocycles. The average molecular weight is 546 g/mol. The van der Waals surface area contributed by atoms with E-state index in [1.54, 1.807) is 13.2 Å². The lowest BCUT2D eigenvalue weighted by molar-refractivity contribution is 0.122. The Hall–Kier alpha value is -2.65. The first kappa shape index (κ1) is 22.5. The van der Waals surface area contributed by atoms with E-state index < -0.39 is 0 Å². The monoisotopic (exact) mass is 546 g/mol. The minimum Gasteiger partial charge on any atom is -0.493 e. The van der Waals surface area contributed by atoms with Gasteiger partial charge < -0.3 is 19.1 Å². The molecule has 0 aliphatic carbocycles. The van der Waals surface area contributed by atoms with Crippen molar-refractivity contribution in [2.45, 2.75) is 6.61 Å². The van der Waals surface area contributed by atoms with Crippen molar-refractivity contribution < 1.29 is 18.6 Å². The maximum atomic E-state index is 13.4.